The summed E-state index contributed by atoms with van der Waals surface area (Å²) < 4.78 is 202. The van der Waals surface area contributed by atoms with E-state index in [1.807, 2.05) is 0 Å². The molecule has 0 bridgehead atoms. The van der Waals surface area contributed by atoms with Gasteiger partial charge in [-0.2, -0.15) is 65.9 Å². The maximum Gasteiger partial charge on any atom is 0.460 e. The first kappa shape index (κ1) is 31.6. The Morgan fingerprint density at radius 2 is 1.00 bits per heavy atom. The number of esters is 1. The van der Waals surface area contributed by atoms with Crippen LogP contribution >= 0.6 is 0 Å². The van der Waals surface area contributed by atoms with Crippen LogP contribution in [0.1, 0.15) is 13.8 Å². The van der Waals surface area contributed by atoms with Crippen LogP contribution in [0.15, 0.2) is 12.2 Å². The number of aliphatic carboxylic acids is 1. The van der Waals surface area contributed by atoms with Gasteiger partial charge in [-0.1, -0.05) is 13.8 Å². The predicted molar refractivity (Wildman–Crippen MR) is 77.2 cm³/mol. The van der Waals surface area contributed by atoms with Gasteiger partial charge < -0.3 is 9.84 Å². The second kappa shape index (κ2) is 9.01. The number of halogens is 15. The van der Waals surface area contributed by atoms with Gasteiger partial charge in [0.25, 0.3) is 0 Å². The Morgan fingerprint density at radius 3 is 1.32 bits per heavy atom. The van der Waals surface area contributed by atoms with Crippen molar-refractivity contribution in [2.24, 2.45) is 5.92 Å². The summed E-state index contributed by atoms with van der Waals surface area (Å²) in [7, 11) is 0. The minimum atomic E-state index is -8.47. The first-order valence-corrected chi connectivity index (χ1v) is 8.09. The summed E-state index contributed by atoms with van der Waals surface area (Å²) in [5.41, 5.74) is 0. The number of alkyl halides is 15. The second-order valence-electron chi connectivity index (χ2n) is 6.77. The number of carbonyl (C=O) groups is 2. The zero-order valence-corrected chi connectivity index (χ0v) is 16.2. The van der Waals surface area contributed by atoms with Gasteiger partial charge in [0.2, 0.25) is 0 Å². The molecule has 0 aliphatic rings. The van der Waals surface area contributed by atoms with Crippen molar-refractivity contribution < 1.29 is 85.3 Å². The molecule has 0 amide bonds. The molecule has 0 aromatic rings. The van der Waals surface area contributed by atoms with Crippen molar-refractivity contribution in [3.05, 3.63) is 12.2 Å². The monoisotopic (exact) mass is 540 g/mol. The number of carboxylic acids is 1. The van der Waals surface area contributed by atoms with Crippen molar-refractivity contribution in [2.75, 3.05) is 0 Å². The van der Waals surface area contributed by atoms with E-state index in [4.69, 9.17) is 5.11 Å². The lowest BCUT2D eigenvalue weighted by molar-refractivity contribution is -0.456. The van der Waals surface area contributed by atoms with Crippen LogP contribution in [0.3, 0.4) is 0 Å². The van der Waals surface area contributed by atoms with Crippen LogP contribution in [0.4, 0.5) is 65.9 Å². The van der Waals surface area contributed by atoms with Gasteiger partial charge in [0.05, 0.1) is 0 Å². The number of hydrogen-bond acceptors (Lipinski definition) is 3. The van der Waals surface area contributed by atoms with Crippen LogP contribution in [0.25, 0.3) is 0 Å². The van der Waals surface area contributed by atoms with Crippen LogP contribution in [0, 0.1) is 5.92 Å². The molecule has 0 saturated carbocycles. The summed E-state index contributed by atoms with van der Waals surface area (Å²) in [6.45, 7) is 0.789. The highest BCUT2D eigenvalue weighted by Gasteiger charge is 2.94. The van der Waals surface area contributed by atoms with E-state index < -0.39 is 65.7 Å². The number of rotatable bonds is 10. The molecular formula is C15H11F15O4. The molecule has 0 rings (SSSR count). The Balaban J connectivity index is 6.67. The van der Waals surface area contributed by atoms with Crippen molar-refractivity contribution in [2.45, 2.75) is 61.7 Å². The van der Waals surface area contributed by atoms with Crippen LogP contribution in [-0.2, 0) is 14.3 Å². The number of ether oxygens (including phenoxy) is 1. The van der Waals surface area contributed by atoms with Crippen LogP contribution in [0.2, 0.25) is 0 Å². The minimum absolute atomic E-state index is 0.154. The number of carboxylic acid groups (broad SMARTS) is 1. The fourth-order valence-electron chi connectivity index (χ4n) is 2.09. The molecule has 0 aromatic carbocycles. The Hall–Kier alpha value is -2.37. The Labute approximate surface area is 178 Å². The third kappa shape index (κ3) is 4.87. The van der Waals surface area contributed by atoms with E-state index in [1.54, 1.807) is 0 Å². The van der Waals surface area contributed by atoms with Crippen molar-refractivity contribution in [1.29, 1.82) is 0 Å². The van der Waals surface area contributed by atoms with Crippen molar-refractivity contribution in [1.82, 2.24) is 0 Å². The molecule has 0 aliphatic carbocycles. The molecule has 4 nitrogen and oxygen atoms in total. The van der Waals surface area contributed by atoms with Gasteiger partial charge in [0, 0.05) is 12.2 Å². The fraction of sp³-hybridized carbons (Fsp3) is 0.733. The molecule has 0 aromatic heterocycles. The van der Waals surface area contributed by atoms with Crippen molar-refractivity contribution in [3.8, 4) is 0 Å². The van der Waals surface area contributed by atoms with Crippen molar-refractivity contribution >= 4 is 11.9 Å². The maximum absolute atomic E-state index is 14.2. The molecule has 19 heteroatoms. The number of carbonyl (C=O) groups excluding carboxylic acids is 1. The lowest BCUT2D eigenvalue weighted by Gasteiger charge is -2.43. The number of hydrogen-bond donors (Lipinski definition) is 1. The Bertz CT molecular complexity index is 798. The van der Waals surface area contributed by atoms with E-state index in [0.29, 0.717) is 13.8 Å². The van der Waals surface area contributed by atoms with E-state index in [0.717, 1.165) is 0 Å². The lowest BCUT2D eigenvalue weighted by atomic mass is 9.86. The first-order valence-electron chi connectivity index (χ1n) is 8.09. The molecule has 0 radical (unpaired) electrons. The molecule has 0 heterocycles. The fourth-order valence-corrected chi connectivity index (χ4v) is 2.09. The van der Waals surface area contributed by atoms with Gasteiger partial charge in [-0.3, -0.25) is 0 Å². The van der Waals surface area contributed by atoms with Gasteiger partial charge >= 0.3 is 53.7 Å². The summed E-state index contributed by atoms with van der Waals surface area (Å²) in [6, 6.07) is 0. The van der Waals surface area contributed by atoms with E-state index in [-0.39, 0.29) is 12.2 Å². The van der Waals surface area contributed by atoms with Crippen molar-refractivity contribution in [3.63, 3.8) is 0 Å². The highest BCUT2D eigenvalue weighted by Crippen LogP contribution is 2.63. The largest absolute Gasteiger partial charge is 0.478 e. The zero-order valence-electron chi connectivity index (χ0n) is 16.2. The third-order valence-corrected chi connectivity index (χ3v) is 3.92. The summed E-state index contributed by atoms with van der Waals surface area (Å²) in [5, 5.41) is 8.23. The molecule has 1 unspecified atom stereocenters. The van der Waals surface area contributed by atoms with Gasteiger partial charge in [-0.15, -0.1) is 0 Å². The smallest absolute Gasteiger partial charge is 0.460 e. The van der Waals surface area contributed by atoms with Crippen LogP contribution in [0.5, 0.6) is 0 Å². The molecule has 200 valence electrons. The third-order valence-electron chi connectivity index (χ3n) is 3.92. The van der Waals surface area contributed by atoms with Gasteiger partial charge in [0.15, 0.2) is 6.10 Å². The topological polar surface area (TPSA) is 63.6 Å². The molecular weight excluding hydrogens is 529 g/mol. The molecule has 0 saturated heterocycles. The summed E-state index contributed by atoms with van der Waals surface area (Å²) in [5.74, 6) is -54.5. The average molecular weight is 540 g/mol. The summed E-state index contributed by atoms with van der Waals surface area (Å²) in [4.78, 5) is 21.5. The summed E-state index contributed by atoms with van der Waals surface area (Å²) >= 11 is 0. The highest BCUT2D eigenvalue weighted by atomic mass is 19.4. The average Bonchev–Trinajstić information content (AvgIpc) is 2.62. The van der Waals surface area contributed by atoms with Gasteiger partial charge in [-0.25, -0.2) is 9.59 Å². The maximum atomic E-state index is 14.2. The first-order chi connectivity index (χ1) is 14.6. The standard InChI is InChI=1S/C15H11F15O4/c1-5(2)8(34-7(33)4-3-6(31)32)9(16,17)10(18,19)11(20,21)12(22,23)13(24,25)14(26,27)15(28,29)30/h3-5,8H,1-2H3,(H,31,32)/b4-3-. The molecule has 0 fully saturated rings. The molecule has 0 aliphatic heterocycles. The highest BCUT2D eigenvalue weighted by molar-refractivity contribution is 5.90. The molecule has 0 spiro atoms. The van der Waals surface area contributed by atoms with E-state index in [2.05, 4.69) is 4.74 Å². The zero-order chi connectivity index (χ0) is 27.9. The Kier molecular flexibility index (Phi) is 8.38. The van der Waals surface area contributed by atoms with Crippen LogP contribution in [-0.4, -0.2) is 64.9 Å². The van der Waals surface area contributed by atoms with Gasteiger partial charge in [-0.05, 0) is 5.92 Å². The van der Waals surface area contributed by atoms with E-state index >= 15 is 0 Å². The molecule has 34 heavy (non-hydrogen) atoms. The second-order valence-corrected chi connectivity index (χ2v) is 6.77. The lowest BCUT2D eigenvalue weighted by Crippen LogP contribution is -2.74. The quantitative estimate of drug-likeness (QED) is 0.224. The van der Waals surface area contributed by atoms with E-state index in [1.165, 1.54) is 0 Å². The normalized spacial score (nSPS) is 16.2. The minimum Gasteiger partial charge on any atom is -0.478 e. The predicted octanol–water partition coefficient (Wildman–Crippen LogP) is 5.57. The summed E-state index contributed by atoms with van der Waals surface area (Å²) in [6.07, 6.45) is -12.1. The van der Waals surface area contributed by atoms with E-state index in [9.17, 15) is 75.4 Å². The van der Waals surface area contributed by atoms with Gasteiger partial charge in [0.1, 0.15) is 0 Å². The van der Waals surface area contributed by atoms with Crippen LogP contribution < -0.4 is 0 Å². The SMILES string of the molecule is CC(C)C(OC(=O)/C=C\C(=O)O)C(F)(F)C(F)(F)C(F)(F)C(F)(F)C(F)(F)C(F)(F)C(F)(F)F. The molecule has 1 atom stereocenters. The molecule has 1 N–H and O–H groups in total. The Morgan fingerprint density at radius 1 is 0.647 bits per heavy atom.